The summed E-state index contributed by atoms with van der Waals surface area (Å²) in [5.74, 6) is 0.383. The predicted octanol–water partition coefficient (Wildman–Crippen LogP) is 5.26. The van der Waals surface area contributed by atoms with Gasteiger partial charge in [0, 0.05) is 6.07 Å². The van der Waals surface area contributed by atoms with Gasteiger partial charge in [-0.15, -0.1) is 0 Å². The lowest BCUT2D eigenvalue weighted by Crippen LogP contribution is -2.12. The second-order valence-electron chi connectivity index (χ2n) is 6.10. The molecule has 27 heavy (non-hydrogen) atoms. The molecule has 0 saturated heterocycles. The van der Waals surface area contributed by atoms with Crippen molar-refractivity contribution < 1.29 is 12.8 Å². The van der Waals surface area contributed by atoms with Crippen LogP contribution in [0.4, 0.5) is 5.69 Å². The van der Waals surface area contributed by atoms with Gasteiger partial charge in [-0.2, -0.15) is 0 Å². The standard InChI is InChI=1S/C20H15ClN2O3S/c1-13-6-9-15(10-7-13)27(24,25)23-14-8-11-18-19(12-14)26-20(22-18)16-4-2-3-5-17(16)21/h2-12,23H,1H3. The molecule has 1 aromatic heterocycles. The van der Waals surface area contributed by atoms with Crippen molar-refractivity contribution in [3.05, 3.63) is 77.3 Å². The number of aryl methyl sites for hydroxylation is 1. The van der Waals surface area contributed by atoms with Crippen LogP contribution in [0, 0.1) is 6.92 Å². The lowest BCUT2D eigenvalue weighted by molar-refractivity contribution is 0.601. The lowest BCUT2D eigenvalue weighted by atomic mass is 10.2. The monoisotopic (exact) mass is 398 g/mol. The zero-order valence-corrected chi connectivity index (χ0v) is 15.9. The number of halogens is 1. The van der Waals surface area contributed by atoms with E-state index in [1.165, 1.54) is 0 Å². The van der Waals surface area contributed by atoms with Gasteiger partial charge in [-0.25, -0.2) is 13.4 Å². The topological polar surface area (TPSA) is 72.2 Å². The molecule has 0 atom stereocenters. The van der Waals surface area contributed by atoms with E-state index in [-0.39, 0.29) is 4.90 Å². The molecule has 1 N–H and O–H groups in total. The molecule has 7 heteroatoms. The fourth-order valence-corrected chi connectivity index (χ4v) is 3.94. The van der Waals surface area contributed by atoms with Crippen molar-refractivity contribution in [1.29, 1.82) is 0 Å². The third-order valence-corrected chi connectivity index (χ3v) is 5.80. The van der Waals surface area contributed by atoms with Gasteiger partial charge >= 0.3 is 0 Å². The summed E-state index contributed by atoms with van der Waals surface area (Å²) in [4.78, 5) is 4.62. The molecule has 4 aromatic rings. The Kier molecular flexibility index (Phi) is 4.37. The van der Waals surface area contributed by atoms with E-state index in [9.17, 15) is 8.42 Å². The quantitative estimate of drug-likeness (QED) is 0.509. The zero-order valence-electron chi connectivity index (χ0n) is 14.3. The molecule has 136 valence electrons. The van der Waals surface area contributed by atoms with Crippen LogP contribution in [0.25, 0.3) is 22.6 Å². The van der Waals surface area contributed by atoms with Crippen molar-refractivity contribution in [2.75, 3.05) is 4.72 Å². The molecule has 0 amide bonds. The summed E-state index contributed by atoms with van der Waals surface area (Å²) in [5.41, 5.74) is 3.14. The largest absolute Gasteiger partial charge is 0.436 e. The van der Waals surface area contributed by atoms with Crippen molar-refractivity contribution in [2.24, 2.45) is 0 Å². The van der Waals surface area contributed by atoms with Crippen LogP contribution in [-0.4, -0.2) is 13.4 Å². The van der Waals surface area contributed by atoms with E-state index in [4.69, 9.17) is 16.0 Å². The summed E-state index contributed by atoms with van der Waals surface area (Å²) in [6.07, 6.45) is 0. The van der Waals surface area contributed by atoms with Gasteiger partial charge in [0.15, 0.2) is 5.58 Å². The van der Waals surface area contributed by atoms with Crippen molar-refractivity contribution in [2.45, 2.75) is 11.8 Å². The van der Waals surface area contributed by atoms with E-state index in [0.29, 0.717) is 33.3 Å². The third kappa shape index (κ3) is 3.54. The number of nitrogens with zero attached hydrogens (tertiary/aromatic N) is 1. The summed E-state index contributed by atoms with van der Waals surface area (Å²) in [6, 6.07) is 18.8. The van der Waals surface area contributed by atoms with Crippen molar-refractivity contribution in [3.8, 4) is 11.5 Å². The number of rotatable bonds is 4. The van der Waals surface area contributed by atoms with Crippen LogP contribution in [0.15, 0.2) is 76.0 Å². The Balaban J connectivity index is 1.68. The fraction of sp³-hybridized carbons (Fsp3) is 0.0500. The molecule has 0 saturated carbocycles. The maximum Gasteiger partial charge on any atom is 0.261 e. The van der Waals surface area contributed by atoms with Crippen LogP contribution in [0.5, 0.6) is 0 Å². The smallest absolute Gasteiger partial charge is 0.261 e. The second-order valence-corrected chi connectivity index (χ2v) is 8.19. The normalized spacial score (nSPS) is 11.6. The van der Waals surface area contributed by atoms with E-state index in [2.05, 4.69) is 9.71 Å². The van der Waals surface area contributed by atoms with Crippen molar-refractivity contribution >= 4 is 38.4 Å². The lowest BCUT2D eigenvalue weighted by Gasteiger charge is -2.08. The van der Waals surface area contributed by atoms with Crippen LogP contribution in [0.3, 0.4) is 0 Å². The van der Waals surface area contributed by atoms with E-state index >= 15 is 0 Å². The van der Waals surface area contributed by atoms with E-state index in [1.807, 2.05) is 25.1 Å². The number of hydrogen-bond acceptors (Lipinski definition) is 4. The van der Waals surface area contributed by atoms with Crippen LogP contribution in [-0.2, 0) is 10.0 Å². The van der Waals surface area contributed by atoms with Gasteiger partial charge in [-0.3, -0.25) is 4.72 Å². The van der Waals surface area contributed by atoms with Crippen LogP contribution in [0.2, 0.25) is 5.02 Å². The van der Waals surface area contributed by atoms with Gasteiger partial charge in [-0.05, 0) is 43.3 Å². The Hall–Kier alpha value is -2.83. The zero-order chi connectivity index (χ0) is 19.0. The molecule has 0 aliphatic carbocycles. The molecule has 0 aliphatic heterocycles. The molecule has 1 heterocycles. The number of sulfonamides is 1. The molecular weight excluding hydrogens is 384 g/mol. The third-order valence-electron chi connectivity index (χ3n) is 4.08. The average molecular weight is 399 g/mol. The molecule has 0 radical (unpaired) electrons. The minimum atomic E-state index is -3.68. The number of benzene rings is 3. The number of fused-ring (bicyclic) bond motifs is 1. The van der Waals surface area contributed by atoms with E-state index in [0.717, 1.165) is 5.56 Å². The predicted molar refractivity (Wildman–Crippen MR) is 106 cm³/mol. The van der Waals surface area contributed by atoms with Gasteiger partial charge in [0.05, 0.1) is 21.2 Å². The maximum atomic E-state index is 12.5. The highest BCUT2D eigenvalue weighted by Crippen LogP contribution is 2.31. The van der Waals surface area contributed by atoms with Crippen LogP contribution < -0.4 is 4.72 Å². The Bertz CT molecular complexity index is 1230. The number of aromatic nitrogens is 1. The maximum absolute atomic E-state index is 12.5. The van der Waals surface area contributed by atoms with E-state index in [1.54, 1.807) is 48.5 Å². The molecule has 0 aliphatic rings. The van der Waals surface area contributed by atoms with E-state index < -0.39 is 10.0 Å². The van der Waals surface area contributed by atoms with Gasteiger partial charge in [0.2, 0.25) is 5.89 Å². The molecule has 0 bridgehead atoms. The van der Waals surface area contributed by atoms with Gasteiger partial charge in [0.1, 0.15) is 5.52 Å². The molecule has 4 rings (SSSR count). The summed E-state index contributed by atoms with van der Waals surface area (Å²) in [5, 5.41) is 0.532. The first-order chi connectivity index (χ1) is 12.9. The highest BCUT2D eigenvalue weighted by Gasteiger charge is 2.16. The molecule has 0 spiro atoms. The SMILES string of the molecule is Cc1ccc(S(=O)(=O)Nc2ccc3nc(-c4ccccc4Cl)oc3c2)cc1. The molecule has 5 nitrogen and oxygen atoms in total. The van der Waals surface area contributed by atoms with Gasteiger partial charge in [-0.1, -0.05) is 41.4 Å². The molecule has 3 aromatic carbocycles. The van der Waals surface area contributed by atoms with Crippen LogP contribution in [0.1, 0.15) is 5.56 Å². The average Bonchev–Trinajstić information content (AvgIpc) is 3.05. The summed E-state index contributed by atoms with van der Waals surface area (Å²) in [7, 11) is -3.68. The Morgan fingerprint density at radius 1 is 1.00 bits per heavy atom. The first-order valence-electron chi connectivity index (χ1n) is 8.17. The minimum absolute atomic E-state index is 0.197. The summed E-state index contributed by atoms with van der Waals surface area (Å²) >= 11 is 6.19. The number of oxazole rings is 1. The number of anilines is 1. The molecule has 0 unspecified atom stereocenters. The van der Waals surface area contributed by atoms with Crippen LogP contribution >= 0.6 is 11.6 Å². The van der Waals surface area contributed by atoms with Crippen molar-refractivity contribution in [1.82, 2.24) is 4.98 Å². The highest BCUT2D eigenvalue weighted by atomic mass is 35.5. The summed E-state index contributed by atoms with van der Waals surface area (Å²) < 4.78 is 33.4. The van der Waals surface area contributed by atoms with Crippen molar-refractivity contribution in [3.63, 3.8) is 0 Å². The van der Waals surface area contributed by atoms with Gasteiger partial charge in [0.25, 0.3) is 10.0 Å². The van der Waals surface area contributed by atoms with Gasteiger partial charge < -0.3 is 4.42 Å². The number of hydrogen-bond donors (Lipinski definition) is 1. The number of nitrogens with one attached hydrogen (secondary N) is 1. The molecule has 0 fully saturated rings. The molecular formula is C20H15ClN2O3S. The highest BCUT2D eigenvalue weighted by molar-refractivity contribution is 7.92. The Labute approximate surface area is 161 Å². The summed E-state index contributed by atoms with van der Waals surface area (Å²) in [6.45, 7) is 1.90. The first kappa shape index (κ1) is 17.6. The minimum Gasteiger partial charge on any atom is -0.436 e. The Morgan fingerprint density at radius 3 is 2.48 bits per heavy atom. The Morgan fingerprint density at radius 2 is 1.74 bits per heavy atom. The fourth-order valence-electron chi connectivity index (χ4n) is 2.67. The second kappa shape index (κ2) is 6.72. The first-order valence-corrected chi connectivity index (χ1v) is 10.0.